The summed E-state index contributed by atoms with van der Waals surface area (Å²) in [6.07, 6.45) is 6.20. The monoisotopic (exact) mass is 268 g/mol. The fraction of sp³-hybridized carbons (Fsp3) is 0.857. The van der Waals surface area contributed by atoms with Crippen LogP contribution in [0.25, 0.3) is 0 Å². The van der Waals surface area contributed by atoms with Gasteiger partial charge in [-0.25, -0.2) is 9.59 Å². The number of carboxylic acid groups (broad SMARTS) is 1. The van der Waals surface area contributed by atoms with Crippen LogP contribution in [0, 0.1) is 5.92 Å². The van der Waals surface area contributed by atoms with Gasteiger partial charge in [0.05, 0.1) is 0 Å². The Labute approximate surface area is 114 Å². The zero-order chi connectivity index (χ0) is 13.9. The van der Waals surface area contributed by atoms with E-state index in [9.17, 15) is 14.7 Å². The first-order valence-electron chi connectivity index (χ1n) is 7.34. The first kappa shape index (κ1) is 14.2. The second-order valence-electron chi connectivity index (χ2n) is 6.07. The molecule has 0 radical (unpaired) electrons. The van der Waals surface area contributed by atoms with E-state index in [2.05, 4.69) is 12.2 Å². The van der Waals surface area contributed by atoms with Gasteiger partial charge in [-0.3, -0.25) is 0 Å². The summed E-state index contributed by atoms with van der Waals surface area (Å²) in [5.41, 5.74) is -1.05. The SMILES string of the molecule is CC1CCCC(NC(=O)N2CCCCC2)(C(=O)O)C1. The summed E-state index contributed by atoms with van der Waals surface area (Å²) in [5.74, 6) is -0.532. The third kappa shape index (κ3) is 3.19. The van der Waals surface area contributed by atoms with Crippen molar-refractivity contribution in [2.24, 2.45) is 5.92 Å². The Morgan fingerprint density at radius 3 is 2.47 bits per heavy atom. The molecule has 2 unspecified atom stereocenters. The van der Waals surface area contributed by atoms with Gasteiger partial charge in [0.1, 0.15) is 5.54 Å². The van der Waals surface area contributed by atoms with E-state index in [-0.39, 0.29) is 6.03 Å². The van der Waals surface area contributed by atoms with E-state index < -0.39 is 11.5 Å². The highest BCUT2D eigenvalue weighted by Gasteiger charge is 2.43. The van der Waals surface area contributed by atoms with Crippen LogP contribution in [0.5, 0.6) is 0 Å². The summed E-state index contributed by atoms with van der Waals surface area (Å²) in [6, 6.07) is -0.198. The Hall–Kier alpha value is -1.26. The molecule has 2 aliphatic rings. The molecule has 0 aromatic carbocycles. The number of likely N-dealkylation sites (tertiary alicyclic amines) is 1. The Balaban J connectivity index is 2.03. The number of carbonyl (C=O) groups excluding carboxylic acids is 1. The largest absolute Gasteiger partial charge is 0.480 e. The second-order valence-corrected chi connectivity index (χ2v) is 6.07. The lowest BCUT2D eigenvalue weighted by atomic mass is 9.76. The Bertz CT molecular complexity index is 353. The van der Waals surface area contributed by atoms with Gasteiger partial charge in [0.25, 0.3) is 0 Å². The highest BCUT2D eigenvalue weighted by Crippen LogP contribution is 2.32. The number of hydrogen-bond donors (Lipinski definition) is 2. The number of carbonyl (C=O) groups is 2. The number of nitrogens with one attached hydrogen (secondary N) is 1. The van der Waals surface area contributed by atoms with E-state index in [0.29, 0.717) is 18.8 Å². The second kappa shape index (κ2) is 5.80. The molecular formula is C14H24N2O3. The van der Waals surface area contributed by atoms with Crippen LogP contribution in [0.4, 0.5) is 4.79 Å². The molecule has 5 nitrogen and oxygen atoms in total. The van der Waals surface area contributed by atoms with Gasteiger partial charge in [-0.1, -0.05) is 19.8 Å². The number of amides is 2. The number of hydrogen-bond acceptors (Lipinski definition) is 2. The lowest BCUT2D eigenvalue weighted by Crippen LogP contribution is -2.60. The molecule has 2 fully saturated rings. The van der Waals surface area contributed by atoms with Crippen molar-refractivity contribution < 1.29 is 14.7 Å². The molecule has 1 aliphatic heterocycles. The number of urea groups is 1. The zero-order valence-corrected chi connectivity index (χ0v) is 11.7. The number of piperidine rings is 1. The molecule has 2 amide bonds. The zero-order valence-electron chi connectivity index (χ0n) is 11.7. The Morgan fingerprint density at radius 1 is 1.21 bits per heavy atom. The van der Waals surface area contributed by atoms with Crippen LogP contribution < -0.4 is 5.32 Å². The summed E-state index contributed by atoms with van der Waals surface area (Å²) in [6.45, 7) is 3.55. The molecule has 0 spiro atoms. The van der Waals surface area contributed by atoms with Crippen LogP contribution in [0.1, 0.15) is 51.9 Å². The lowest BCUT2D eigenvalue weighted by Gasteiger charge is -2.39. The Kier molecular flexibility index (Phi) is 4.32. The minimum absolute atomic E-state index is 0.198. The summed E-state index contributed by atoms with van der Waals surface area (Å²) in [4.78, 5) is 25.6. The maximum absolute atomic E-state index is 12.2. The number of carboxylic acids is 1. The first-order valence-corrected chi connectivity index (χ1v) is 7.34. The molecule has 1 heterocycles. The molecule has 0 aromatic heterocycles. The molecule has 2 atom stereocenters. The molecule has 0 bridgehead atoms. The van der Waals surface area contributed by atoms with Gasteiger partial charge >= 0.3 is 12.0 Å². The third-order valence-corrected chi connectivity index (χ3v) is 4.40. The van der Waals surface area contributed by atoms with Crippen molar-refractivity contribution in [3.8, 4) is 0 Å². The van der Waals surface area contributed by atoms with Crippen molar-refractivity contribution in [1.29, 1.82) is 0 Å². The van der Waals surface area contributed by atoms with Gasteiger partial charge in [0.15, 0.2) is 0 Å². The van der Waals surface area contributed by atoms with Crippen LogP contribution in [0.2, 0.25) is 0 Å². The van der Waals surface area contributed by atoms with Crippen molar-refractivity contribution in [2.45, 2.75) is 57.4 Å². The van der Waals surface area contributed by atoms with Crippen LogP contribution in [0.3, 0.4) is 0 Å². The molecule has 108 valence electrons. The van der Waals surface area contributed by atoms with Gasteiger partial charge in [-0.2, -0.15) is 0 Å². The van der Waals surface area contributed by atoms with Crippen LogP contribution in [-0.2, 0) is 4.79 Å². The minimum Gasteiger partial charge on any atom is -0.480 e. The molecule has 2 rings (SSSR count). The molecule has 19 heavy (non-hydrogen) atoms. The molecular weight excluding hydrogens is 244 g/mol. The summed E-state index contributed by atoms with van der Waals surface area (Å²) in [7, 11) is 0. The normalized spacial score (nSPS) is 31.8. The van der Waals surface area contributed by atoms with Gasteiger partial charge in [0, 0.05) is 13.1 Å². The van der Waals surface area contributed by atoms with Crippen molar-refractivity contribution in [3.05, 3.63) is 0 Å². The fourth-order valence-electron chi connectivity index (χ4n) is 3.29. The molecule has 5 heteroatoms. The smallest absolute Gasteiger partial charge is 0.329 e. The van der Waals surface area contributed by atoms with E-state index in [4.69, 9.17) is 0 Å². The van der Waals surface area contributed by atoms with E-state index >= 15 is 0 Å². The van der Waals surface area contributed by atoms with Crippen molar-refractivity contribution in [3.63, 3.8) is 0 Å². The topological polar surface area (TPSA) is 69.6 Å². The third-order valence-electron chi connectivity index (χ3n) is 4.40. The van der Waals surface area contributed by atoms with E-state index in [1.807, 2.05) is 0 Å². The average Bonchev–Trinajstić information content (AvgIpc) is 2.39. The summed E-state index contributed by atoms with van der Waals surface area (Å²) in [5, 5.41) is 12.3. The quantitative estimate of drug-likeness (QED) is 0.806. The average molecular weight is 268 g/mol. The molecule has 1 saturated carbocycles. The fourth-order valence-corrected chi connectivity index (χ4v) is 3.29. The maximum Gasteiger partial charge on any atom is 0.329 e. The van der Waals surface area contributed by atoms with Crippen molar-refractivity contribution in [2.75, 3.05) is 13.1 Å². The highest BCUT2D eigenvalue weighted by atomic mass is 16.4. The van der Waals surface area contributed by atoms with E-state index in [0.717, 1.165) is 45.2 Å². The minimum atomic E-state index is -1.05. The van der Waals surface area contributed by atoms with Crippen molar-refractivity contribution in [1.82, 2.24) is 10.2 Å². The molecule has 1 aliphatic carbocycles. The predicted octanol–water partition coefficient (Wildman–Crippen LogP) is 2.22. The highest BCUT2D eigenvalue weighted by molar-refractivity contribution is 5.86. The van der Waals surface area contributed by atoms with Gasteiger partial charge < -0.3 is 15.3 Å². The van der Waals surface area contributed by atoms with Crippen LogP contribution in [-0.4, -0.2) is 40.6 Å². The summed E-state index contributed by atoms with van der Waals surface area (Å²) < 4.78 is 0. The molecule has 2 N–H and O–H groups in total. The standard InChI is InChI=1S/C14H24N2O3/c1-11-6-5-7-14(10-11,12(17)18)15-13(19)16-8-3-2-4-9-16/h11H,2-10H2,1H3,(H,15,19)(H,17,18). The Morgan fingerprint density at radius 2 is 1.89 bits per heavy atom. The van der Waals surface area contributed by atoms with Gasteiger partial charge in [0.2, 0.25) is 0 Å². The van der Waals surface area contributed by atoms with Gasteiger partial charge in [-0.15, -0.1) is 0 Å². The van der Waals surface area contributed by atoms with E-state index in [1.54, 1.807) is 4.90 Å². The molecule has 1 saturated heterocycles. The number of aliphatic carboxylic acids is 1. The number of nitrogens with zero attached hydrogens (tertiary/aromatic N) is 1. The predicted molar refractivity (Wildman–Crippen MR) is 72.0 cm³/mol. The first-order chi connectivity index (χ1) is 9.03. The van der Waals surface area contributed by atoms with Gasteiger partial charge in [-0.05, 0) is 38.0 Å². The lowest BCUT2D eigenvalue weighted by molar-refractivity contribution is -0.146. The molecule has 0 aromatic rings. The number of rotatable bonds is 2. The van der Waals surface area contributed by atoms with Crippen LogP contribution >= 0.6 is 0 Å². The van der Waals surface area contributed by atoms with E-state index in [1.165, 1.54) is 0 Å². The van der Waals surface area contributed by atoms with Crippen molar-refractivity contribution >= 4 is 12.0 Å². The summed E-state index contributed by atoms with van der Waals surface area (Å²) >= 11 is 0. The van der Waals surface area contributed by atoms with Crippen LogP contribution in [0.15, 0.2) is 0 Å². The maximum atomic E-state index is 12.2.